The molecule has 0 bridgehead atoms. The molecule has 0 radical (unpaired) electrons. The molecule has 4 rings (SSSR count). The Morgan fingerprint density at radius 3 is 2.73 bits per heavy atom. The Bertz CT molecular complexity index is 861. The summed E-state index contributed by atoms with van der Waals surface area (Å²) >= 11 is 1.49. The molecule has 0 unspecified atom stereocenters. The van der Waals surface area contributed by atoms with E-state index in [0.29, 0.717) is 5.01 Å². The minimum absolute atomic E-state index is 0.0636. The van der Waals surface area contributed by atoms with E-state index in [2.05, 4.69) is 26.4 Å². The summed E-state index contributed by atoms with van der Waals surface area (Å²) in [6.07, 6.45) is 4.87. The van der Waals surface area contributed by atoms with Crippen LogP contribution in [0, 0.1) is 0 Å². The van der Waals surface area contributed by atoms with Crippen molar-refractivity contribution < 1.29 is 4.79 Å². The second-order valence-electron chi connectivity index (χ2n) is 6.51. The van der Waals surface area contributed by atoms with E-state index in [-0.39, 0.29) is 5.91 Å². The van der Waals surface area contributed by atoms with Crippen molar-refractivity contribution in [1.82, 2.24) is 24.3 Å². The molecule has 0 aliphatic carbocycles. The fraction of sp³-hybridized carbons (Fsp3) is 0.421. The monoisotopic (exact) mass is 369 g/mol. The molecule has 2 aromatic heterocycles. The summed E-state index contributed by atoms with van der Waals surface area (Å²) in [6, 6.07) is 7.92. The van der Waals surface area contributed by atoms with Gasteiger partial charge >= 0.3 is 0 Å². The maximum absolute atomic E-state index is 12.7. The molecule has 1 amide bonds. The van der Waals surface area contributed by atoms with Crippen molar-refractivity contribution in [2.75, 3.05) is 32.7 Å². The Hall–Kier alpha value is -2.25. The van der Waals surface area contributed by atoms with Gasteiger partial charge in [-0.2, -0.15) is 0 Å². The molecular formula is C19H23N5OS. The topological polar surface area (TPSA) is 54.3 Å². The molecule has 6 nitrogen and oxygen atoms in total. The van der Waals surface area contributed by atoms with E-state index in [1.54, 1.807) is 0 Å². The summed E-state index contributed by atoms with van der Waals surface area (Å²) in [7, 11) is 0. The number of thiazole rings is 1. The minimum Gasteiger partial charge on any atom is -0.334 e. The number of imidazole rings is 1. The molecule has 136 valence electrons. The summed E-state index contributed by atoms with van der Waals surface area (Å²) in [5.41, 5.74) is 0.909. The SMILES string of the molecule is CCc1nccn1CCN1CCN(C(=O)c2nc3ccccc3s2)CC1. The molecule has 1 saturated heterocycles. The Morgan fingerprint density at radius 2 is 1.96 bits per heavy atom. The molecule has 1 aliphatic rings. The van der Waals surface area contributed by atoms with E-state index in [1.165, 1.54) is 11.3 Å². The molecule has 7 heteroatoms. The number of hydrogen-bond acceptors (Lipinski definition) is 5. The number of nitrogens with zero attached hydrogens (tertiary/aromatic N) is 5. The summed E-state index contributed by atoms with van der Waals surface area (Å²) < 4.78 is 3.29. The number of benzene rings is 1. The lowest BCUT2D eigenvalue weighted by atomic mass is 10.3. The quantitative estimate of drug-likeness (QED) is 0.693. The Balaban J connectivity index is 1.32. The van der Waals surface area contributed by atoms with Gasteiger partial charge in [0.25, 0.3) is 5.91 Å². The van der Waals surface area contributed by atoms with Crippen LogP contribution in [-0.2, 0) is 13.0 Å². The number of carbonyl (C=O) groups is 1. The average molecular weight is 369 g/mol. The predicted octanol–water partition coefficient (Wildman–Crippen LogP) is 2.51. The highest BCUT2D eigenvalue weighted by molar-refractivity contribution is 7.20. The summed E-state index contributed by atoms with van der Waals surface area (Å²) in [5, 5.41) is 0.602. The number of fused-ring (bicyclic) bond motifs is 1. The number of para-hydroxylation sites is 1. The normalized spacial score (nSPS) is 15.7. The van der Waals surface area contributed by atoms with Crippen molar-refractivity contribution >= 4 is 27.5 Å². The zero-order chi connectivity index (χ0) is 17.9. The third-order valence-corrected chi connectivity index (χ3v) is 5.94. The van der Waals surface area contributed by atoms with E-state index < -0.39 is 0 Å². The van der Waals surface area contributed by atoms with E-state index in [1.807, 2.05) is 41.6 Å². The van der Waals surface area contributed by atoms with Gasteiger partial charge in [-0.05, 0) is 12.1 Å². The number of piperazine rings is 1. The van der Waals surface area contributed by atoms with Crippen LogP contribution in [-0.4, -0.2) is 63.0 Å². The highest BCUT2D eigenvalue weighted by atomic mass is 32.1. The van der Waals surface area contributed by atoms with Gasteiger partial charge in [-0.25, -0.2) is 9.97 Å². The Morgan fingerprint density at radius 1 is 1.15 bits per heavy atom. The molecule has 3 aromatic rings. The van der Waals surface area contributed by atoms with Crippen molar-refractivity contribution in [1.29, 1.82) is 0 Å². The summed E-state index contributed by atoms with van der Waals surface area (Å²) in [4.78, 5) is 26.0. The van der Waals surface area contributed by atoms with Gasteiger partial charge in [-0.1, -0.05) is 19.1 Å². The Labute approximate surface area is 157 Å². The fourth-order valence-electron chi connectivity index (χ4n) is 3.38. The molecule has 0 N–H and O–H groups in total. The van der Waals surface area contributed by atoms with Crippen molar-refractivity contribution in [2.45, 2.75) is 19.9 Å². The van der Waals surface area contributed by atoms with E-state index in [4.69, 9.17) is 0 Å². The lowest BCUT2D eigenvalue weighted by molar-refractivity contribution is 0.0633. The van der Waals surface area contributed by atoms with Crippen LogP contribution in [0.2, 0.25) is 0 Å². The molecule has 26 heavy (non-hydrogen) atoms. The molecule has 1 aliphatic heterocycles. The minimum atomic E-state index is 0.0636. The van der Waals surface area contributed by atoms with Gasteiger partial charge in [-0.3, -0.25) is 9.69 Å². The third-order valence-electron chi connectivity index (χ3n) is 4.91. The molecule has 3 heterocycles. The van der Waals surface area contributed by atoms with Crippen molar-refractivity contribution in [3.05, 3.63) is 47.5 Å². The van der Waals surface area contributed by atoms with Gasteiger partial charge < -0.3 is 9.47 Å². The molecule has 0 atom stereocenters. The van der Waals surface area contributed by atoms with Crippen LogP contribution in [0.1, 0.15) is 22.6 Å². The standard InChI is InChI=1S/C19H23N5OS/c1-2-17-20-7-8-23(17)12-9-22-10-13-24(14-11-22)19(25)18-21-15-5-3-4-6-16(15)26-18/h3-8H,2,9-14H2,1H3. The van der Waals surface area contributed by atoms with Crippen molar-refractivity contribution in [3.8, 4) is 0 Å². The molecule has 1 aromatic carbocycles. The highest BCUT2D eigenvalue weighted by Crippen LogP contribution is 2.23. The van der Waals surface area contributed by atoms with Crippen molar-refractivity contribution in [3.63, 3.8) is 0 Å². The third kappa shape index (κ3) is 3.50. The lowest BCUT2D eigenvalue weighted by Gasteiger charge is -2.34. The van der Waals surface area contributed by atoms with Crippen LogP contribution >= 0.6 is 11.3 Å². The first-order chi connectivity index (χ1) is 12.7. The Kier molecular flexibility index (Phi) is 4.99. The first kappa shape index (κ1) is 17.2. The number of aromatic nitrogens is 3. The zero-order valence-corrected chi connectivity index (χ0v) is 15.8. The molecule has 0 spiro atoms. The smallest absolute Gasteiger partial charge is 0.282 e. The van der Waals surface area contributed by atoms with Crippen LogP contribution < -0.4 is 0 Å². The van der Waals surface area contributed by atoms with Gasteiger partial charge in [0, 0.05) is 58.1 Å². The zero-order valence-electron chi connectivity index (χ0n) is 15.0. The van der Waals surface area contributed by atoms with E-state index in [9.17, 15) is 4.79 Å². The number of aryl methyl sites for hydroxylation is 1. The summed E-state index contributed by atoms with van der Waals surface area (Å²) in [6.45, 7) is 7.42. The second-order valence-corrected chi connectivity index (χ2v) is 7.54. The van der Waals surface area contributed by atoms with Gasteiger partial charge in [-0.15, -0.1) is 11.3 Å². The fourth-order valence-corrected chi connectivity index (χ4v) is 4.31. The van der Waals surface area contributed by atoms with Crippen LogP contribution in [0.15, 0.2) is 36.7 Å². The molecule has 0 saturated carbocycles. The van der Waals surface area contributed by atoms with Gasteiger partial charge in [0.1, 0.15) is 5.82 Å². The lowest BCUT2D eigenvalue weighted by Crippen LogP contribution is -2.49. The van der Waals surface area contributed by atoms with Crippen LogP contribution in [0.4, 0.5) is 0 Å². The van der Waals surface area contributed by atoms with Gasteiger partial charge in [0.05, 0.1) is 10.2 Å². The maximum Gasteiger partial charge on any atom is 0.282 e. The second kappa shape index (κ2) is 7.55. The van der Waals surface area contributed by atoms with Gasteiger partial charge in [0.2, 0.25) is 0 Å². The van der Waals surface area contributed by atoms with Gasteiger partial charge in [0.15, 0.2) is 5.01 Å². The van der Waals surface area contributed by atoms with Crippen LogP contribution in [0.3, 0.4) is 0 Å². The van der Waals surface area contributed by atoms with Crippen molar-refractivity contribution in [2.24, 2.45) is 0 Å². The first-order valence-corrected chi connectivity index (χ1v) is 9.93. The average Bonchev–Trinajstić information content (AvgIpc) is 3.32. The molecular weight excluding hydrogens is 346 g/mol. The maximum atomic E-state index is 12.7. The van der Waals surface area contributed by atoms with Crippen LogP contribution in [0.5, 0.6) is 0 Å². The van der Waals surface area contributed by atoms with E-state index in [0.717, 1.165) is 61.7 Å². The summed E-state index contributed by atoms with van der Waals surface area (Å²) in [5.74, 6) is 1.20. The highest BCUT2D eigenvalue weighted by Gasteiger charge is 2.24. The number of amides is 1. The number of rotatable bonds is 5. The predicted molar refractivity (Wildman–Crippen MR) is 104 cm³/mol. The largest absolute Gasteiger partial charge is 0.334 e. The van der Waals surface area contributed by atoms with Crippen LogP contribution in [0.25, 0.3) is 10.2 Å². The number of hydrogen-bond donors (Lipinski definition) is 0. The first-order valence-electron chi connectivity index (χ1n) is 9.12. The number of carbonyl (C=O) groups excluding carboxylic acids is 1. The van der Waals surface area contributed by atoms with E-state index >= 15 is 0 Å². The molecule has 1 fully saturated rings.